The Bertz CT molecular complexity index is 1310. The first-order chi connectivity index (χ1) is 21.3. The number of ether oxygens (including phenoxy) is 3. The van der Waals surface area contributed by atoms with Crippen LogP contribution in [0.1, 0.15) is 50.7 Å². The van der Waals surface area contributed by atoms with Crippen LogP contribution in [0.15, 0.2) is 36.8 Å². The maximum Gasteiger partial charge on any atom is 0.390 e. The van der Waals surface area contributed by atoms with Gasteiger partial charge in [-0.05, 0) is 18.2 Å². The smallest absolute Gasteiger partial charge is 0.390 e. The largest absolute Gasteiger partial charge is 0.464 e. The van der Waals surface area contributed by atoms with Gasteiger partial charge in [-0.15, -0.1) is 0 Å². The summed E-state index contributed by atoms with van der Waals surface area (Å²) in [4.78, 5) is 32.5. The summed E-state index contributed by atoms with van der Waals surface area (Å²) >= 11 is 2.67. The zero-order valence-corrected chi connectivity index (χ0v) is 25.8. The van der Waals surface area contributed by atoms with Crippen molar-refractivity contribution in [3.63, 3.8) is 0 Å². The molecular formula is C24H28BrF9N6O6. The van der Waals surface area contributed by atoms with E-state index in [9.17, 15) is 53.9 Å². The van der Waals surface area contributed by atoms with Crippen LogP contribution in [0.2, 0.25) is 0 Å². The minimum Gasteiger partial charge on any atom is -0.464 e. The Hall–Kier alpha value is -4.11. The highest BCUT2D eigenvalue weighted by molar-refractivity contribution is 9.09. The van der Waals surface area contributed by atoms with Crippen LogP contribution >= 0.6 is 15.9 Å². The van der Waals surface area contributed by atoms with Crippen LogP contribution in [0.3, 0.4) is 0 Å². The Morgan fingerprint density at radius 1 is 0.761 bits per heavy atom. The number of alkyl halides is 10. The quantitative estimate of drug-likeness (QED) is 0.131. The molecule has 22 heteroatoms. The average Bonchev–Trinajstić information content (AvgIpc) is 3.76. The van der Waals surface area contributed by atoms with Crippen molar-refractivity contribution in [2.75, 3.05) is 26.7 Å². The van der Waals surface area contributed by atoms with E-state index in [1.807, 2.05) is 0 Å². The van der Waals surface area contributed by atoms with E-state index in [2.05, 4.69) is 50.5 Å². The van der Waals surface area contributed by atoms with E-state index in [4.69, 9.17) is 0 Å². The maximum atomic E-state index is 11.9. The number of H-pyrrole nitrogens is 1. The minimum absolute atomic E-state index is 0.000301. The van der Waals surface area contributed by atoms with Crippen molar-refractivity contribution in [2.45, 2.75) is 50.9 Å². The van der Waals surface area contributed by atoms with Gasteiger partial charge in [0.15, 0.2) is 5.69 Å². The Morgan fingerprint density at radius 3 is 1.74 bits per heavy atom. The number of carbonyl (C=O) groups excluding carboxylic acids is 3. The van der Waals surface area contributed by atoms with Crippen LogP contribution in [0.5, 0.6) is 0 Å². The van der Waals surface area contributed by atoms with Crippen LogP contribution in [-0.2, 0) is 27.3 Å². The van der Waals surface area contributed by atoms with E-state index in [0.29, 0.717) is 5.69 Å². The average molecular weight is 747 g/mol. The molecule has 0 aliphatic rings. The molecule has 0 aliphatic heterocycles. The molecule has 1 N–H and O–H groups in total. The predicted molar refractivity (Wildman–Crippen MR) is 143 cm³/mol. The molecule has 0 saturated carbocycles. The van der Waals surface area contributed by atoms with Gasteiger partial charge in [-0.25, -0.2) is 14.4 Å². The van der Waals surface area contributed by atoms with Crippen molar-refractivity contribution < 1.29 is 68.1 Å². The second-order valence-electron chi connectivity index (χ2n) is 8.13. The number of hydrogen-bond donors (Lipinski definition) is 1. The van der Waals surface area contributed by atoms with E-state index >= 15 is 0 Å². The highest BCUT2D eigenvalue weighted by Gasteiger charge is 2.28. The molecule has 0 bridgehead atoms. The van der Waals surface area contributed by atoms with Crippen LogP contribution < -0.4 is 0 Å². The number of nitrogens with zero attached hydrogens (tertiary/aromatic N) is 5. The molecule has 0 fully saturated rings. The van der Waals surface area contributed by atoms with Crippen LogP contribution in [-0.4, -0.2) is 92.9 Å². The lowest BCUT2D eigenvalue weighted by Crippen LogP contribution is -2.17. The lowest BCUT2D eigenvalue weighted by Gasteiger charge is -2.08. The summed E-state index contributed by atoms with van der Waals surface area (Å²) in [7, 11) is 3.66. The Labute approximate surface area is 263 Å². The molecular weight excluding hydrogens is 719 g/mol. The third-order valence-corrected chi connectivity index (χ3v) is 5.06. The molecule has 0 amide bonds. The molecule has 0 aromatic carbocycles. The second-order valence-corrected chi connectivity index (χ2v) is 8.93. The van der Waals surface area contributed by atoms with E-state index < -0.39 is 55.7 Å². The molecule has 0 unspecified atom stereocenters. The molecule has 0 radical (unpaired) electrons. The van der Waals surface area contributed by atoms with Crippen molar-refractivity contribution >= 4 is 33.8 Å². The van der Waals surface area contributed by atoms with Crippen molar-refractivity contribution in [1.29, 1.82) is 0 Å². The maximum absolute atomic E-state index is 11.9. The molecule has 0 saturated heterocycles. The molecule has 3 aromatic rings. The van der Waals surface area contributed by atoms with Crippen molar-refractivity contribution in [2.24, 2.45) is 0 Å². The number of esters is 3. The monoisotopic (exact) mass is 746 g/mol. The zero-order chi connectivity index (χ0) is 35.6. The van der Waals surface area contributed by atoms with E-state index in [1.165, 1.54) is 44.9 Å². The number of halogens is 10. The first kappa shape index (κ1) is 41.9. The fraction of sp³-hybridized carbons (Fsp3) is 0.500. The van der Waals surface area contributed by atoms with Gasteiger partial charge >= 0.3 is 36.4 Å². The molecule has 0 spiro atoms. The Balaban J connectivity index is 0.000000614. The van der Waals surface area contributed by atoms with Gasteiger partial charge < -0.3 is 14.2 Å². The van der Waals surface area contributed by atoms with E-state index in [1.54, 1.807) is 6.07 Å². The molecule has 3 heterocycles. The molecule has 0 aliphatic carbocycles. The molecule has 3 aromatic heterocycles. The third kappa shape index (κ3) is 19.3. The minimum atomic E-state index is -4.26. The number of hydrogen-bond acceptors (Lipinski definition) is 9. The highest BCUT2D eigenvalue weighted by Crippen LogP contribution is 2.21. The summed E-state index contributed by atoms with van der Waals surface area (Å²) in [5, 5.41) is 13.3. The summed E-state index contributed by atoms with van der Waals surface area (Å²) in [5.74, 6) is -1.76. The normalized spacial score (nSPS) is 11.1. The van der Waals surface area contributed by atoms with Crippen molar-refractivity contribution in [3.05, 3.63) is 53.9 Å². The van der Waals surface area contributed by atoms with Gasteiger partial charge in [0.25, 0.3) is 0 Å². The summed E-state index contributed by atoms with van der Waals surface area (Å²) in [6, 6.07) is 4.16. The number of rotatable bonds is 8. The van der Waals surface area contributed by atoms with Gasteiger partial charge in [-0.1, -0.05) is 15.9 Å². The Kier molecular flexibility index (Phi) is 18.3. The molecule has 12 nitrogen and oxygen atoms in total. The van der Waals surface area contributed by atoms with Crippen LogP contribution in [0, 0.1) is 0 Å². The fourth-order valence-electron chi connectivity index (χ4n) is 2.55. The number of methoxy groups -OCH3 is 3. The van der Waals surface area contributed by atoms with Gasteiger partial charge in [-0.3, -0.25) is 14.5 Å². The lowest BCUT2D eigenvalue weighted by molar-refractivity contribution is -0.138. The first-order valence-corrected chi connectivity index (χ1v) is 13.4. The van der Waals surface area contributed by atoms with Gasteiger partial charge in [0.05, 0.1) is 47.1 Å². The SMILES string of the molecule is COC(=O)c1ccn(CCC(F)(F)F)n1.COC(=O)c1ccn[nH]1.COC(=O)c1ccnn1CCC(F)(F)F.FC(F)(F)CCBr. The molecule has 260 valence electrons. The topological polar surface area (TPSA) is 143 Å². The number of carbonyl (C=O) groups is 3. The van der Waals surface area contributed by atoms with Gasteiger partial charge in [0.2, 0.25) is 0 Å². The molecule has 46 heavy (non-hydrogen) atoms. The third-order valence-electron chi connectivity index (χ3n) is 4.66. The van der Waals surface area contributed by atoms with Crippen molar-refractivity contribution in [3.8, 4) is 0 Å². The van der Waals surface area contributed by atoms with Crippen molar-refractivity contribution in [1.82, 2.24) is 29.8 Å². The highest BCUT2D eigenvalue weighted by atomic mass is 79.9. The lowest BCUT2D eigenvalue weighted by atomic mass is 10.4. The van der Waals surface area contributed by atoms with Gasteiger partial charge in [0.1, 0.15) is 11.4 Å². The number of aryl methyl sites for hydroxylation is 2. The summed E-state index contributed by atoms with van der Waals surface area (Å²) in [6.07, 6.45) is -11.2. The summed E-state index contributed by atoms with van der Waals surface area (Å²) in [6.45, 7) is -0.693. The standard InChI is InChI=1S/2C8H9F3N2O2.C5H6N2O2.C3H4BrF3/c1-15-7(14)6-2-4-13(12-6)5-3-8(9,10)11;1-15-7(14)6-2-4-12-13(6)5-3-8(9,10)11;1-9-5(8)4-2-3-6-7-4;4-2-1-3(5,6)7/h2*2,4H,3,5H2,1H3;2-3H,1H3,(H,6,7);1-2H2. The number of aromatic nitrogens is 6. The number of aromatic amines is 1. The molecule has 0 atom stereocenters. The summed E-state index contributed by atoms with van der Waals surface area (Å²) < 4.78 is 119. The van der Waals surface area contributed by atoms with Gasteiger partial charge in [-0.2, -0.15) is 54.8 Å². The molecule has 3 rings (SSSR count). The number of nitrogens with one attached hydrogen (secondary N) is 1. The van der Waals surface area contributed by atoms with E-state index in [0.717, 1.165) is 16.5 Å². The second kappa shape index (κ2) is 20.1. The Morgan fingerprint density at radius 2 is 1.30 bits per heavy atom. The predicted octanol–water partition coefficient (Wildman–Crippen LogP) is 5.77. The van der Waals surface area contributed by atoms with Crippen LogP contribution in [0.4, 0.5) is 39.5 Å². The first-order valence-electron chi connectivity index (χ1n) is 12.3. The van der Waals surface area contributed by atoms with Gasteiger partial charge in [0, 0.05) is 30.5 Å². The fourth-order valence-corrected chi connectivity index (χ4v) is 3.00. The summed E-state index contributed by atoms with van der Waals surface area (Å²) in [5.41, 5.74) is 0.388. The van der Waals surface area contributed by atoms with Crippen LogP contribution in [0.25, 0.3) is 0 Å². The zero-order valence-electron chi connectivity index (χ0n) is 24.2. The van der Waals surface area contributed by atoms with E-state index in [-0.39, 0.29) is 29.8 Å².